The topological polar surface area (TPSA) is 49.4 Å². The maximum Gasteiger partial charge on any atom is 0.243 e. The first-order valence-electron chi connectivity index (χ1n) is 7.21. The summed E-state index contributed by atoms with van der Waals surface area (Å²) in [5.74, 6) is -4.28. The molecule has 132 valence electrons. The molecule has 1 aromatic carbocycles. The van der Waals surface area contributed by atoms with Gasteiger partial charge < -0.3 is 5.32 Å². The number of hydrogen-bond donors (Lipinski definition) is 1. The van der Waals surface area contributed by atoms with E-state index < -0.39 is 32.4 Å². The average Bonchev–Trinajstić information content (AvgIpc) is 2.50. The summed E-state index contributed by atoms with van der Waals surface area (Å²) >= 11 is 0. The van der Waals surface area contributed by atoms with Gasteiger partial charge in [-0.15, -0.1) is 12.4 Å². The maximum absolute atomic E-state index is 13.2. The number of rotatable bonds is 5. The fourth-order valence-electron chi connectivity index (χ4n) is 2.53. The van der Waals surface area contributed by atoms with Crippen molar-refractivity contribution < 1.29 is 21.6 Å². The first-order valence-corrected chi connectivity index (χ1v) is 8.65. The number of nitrogens with zero attached hydrogens (tertiary/aromatic N) is 1. The van der Waals surface area contributed by atoms with Gasteiger partial charge in [0.15, 0.2) is 17.5 Å². The van der Waals surface area contributed by atoms with Crippen LogP contribution in [0, 0.1) is 23.4 Å². The molecule has 1 heterocycles. The lowest BCUT2D eigenvalue weighted by Crippen LogP contribution is -2.40. The summed E-state index contributed by atoms with van der Waals surface area (Å²) in [7, 11) is -4.00. The first-order chi connectivity index (χ1) is 10.4. The molecule has 0 unspecified atom stereocenters. The van der Waals surface area contributed by atoms with Gasteiger partial charge in [0, 0.05) is 13.1 Å². The quantitative estimate of drug-likeness (QED) is 0.808. The van der Waals surface area contributed by atoms with Crippen molar-refractivity contribution in [3.05, 3.63) is 29.6 Å². The molecule has 1 aromatic rings. The number of nitrogens with one attached hydrogen (secondary N) is 1. The van der Waals surface area contributed by atoms with Crippen molar-refractivity contribution in [1.82, 2.24) is 9.62 Å². The molecule has 1 fully saturated rings. The van der Waals surface area contributed by atoms with Crippen LogP contribution < -0.4 is 5.32 Å². The van der Waals surface area contributed by atoms with Gasteiger partial charge in [0.1, 0.15) is 0 Å². The summed E-state index contributed by atoms with van der Waals surface area (Å²) in [6.07, 6.45) is 1.36. The van der Waals surface area contributed by atoms with Crippen molar-refractivity contribution in [3.63, 3.8) is 0 Å². The molecule has 0 atom stereocenters. The van der Waals surface area contributed by atoms with Crippen molar-refractivity contribution in [2.24, 2.45) is 5.92 Å². The van der Waals surface area contributed by atoms with Crippen LogP contribution in [0.3, 0.4) is 0 Å². The second-order valence-corrected chi connectivity index (χ2v) is 7.29. The molecule has 0 aromatic heterocycles. The molecule has 0 spiro atoms. The Labute approximate surface area is 140 Å². The number of sulfonamides is 1. The van der Waals surface area contributed by atoms with Gasteiger partial charge in [0.25, 0.3) is 0 Å². The van der Waals surface area contributed by atoms with Crippen molar-refractivity contribution in [2.75, 3.05) is 26.2 Å². The molecule has 1 saturated heterocycles. The maximum atomic E-state index is 13.2. The fourth-order valence-corrected chi connectivity index (χ4v) is 4.03. The Kier molecular flexibility index (Phi) is 7.31. The monoisotopic (exact) mass is 372 g/mol. The lowest BCUT2D eigenvalue weighted by molar-refractivity contribution is 0.268. The molecule has 4 nitrogen and oxygen atoms in total. The summed E-state index contributed by atoms with van der Waals surface area (Å²) in [6.45, 7) is 4.26. The molecule has 23 heavy (non-hydrogen) atoms. The Morgan fingerprint density at radius 1 is 1.17 bits per heavy atom. The highest BCUT2D eigenvalue weighted by molar-refractivity contribution is 7.89. The average molecular weight is 373 g/mol. The van der Waals surface area contributed by atoms with E-state index in [0.29, 0.717) is 44.0 Å². The van der Waals surface area contributed by atoms with Crippen LogP contribution in [0.5, 0.6) is 0 Å². The van der Waals surface area contributed by atoms with Gasteiger partial charge in [-0.1, -0.05) is 6.92 Å². The second kappa shape index (κ2) is 8.32. The normalized spacial score (nSPS) is 17.0. The van der Waals surface area contributed by atoms with Gasteiger partial charge in [-0.3, -0.25) is 0 Å². The molecule has 1 aliphatic heterocycles. The van der Waals surface area contributed by atoms with Crippen molar-refractivity contribution in [1.29, 1.82) is 0 Å². The minimum Gasteiger partial charge on any atom is -0.317 e. The summed E-state index contributed by atoms with van der Waals surface area (Å²) in [5, 5.41) is 3.22. The predicted octanol–water partition coefficient (Wildman–Crippen LogP) is 2.54. The smallest absolute Gasteiger partial charge is 0.243 e. The zero-order chi connectivity index (χ0) is 16.3. The minimum atomic E-state index is -4.00. The zero-order valence-electron chi connectivity index (χ0n) is 12.7. The van der Waals surface area contributed by atoms with Crippen LogP contribution in [0.25, 0.3) is 0 Å². The van der Waals surface area contributed by atoms with Crippen LogP contribution in [0.4, 0.5) is 13.2 Å². The molecule has 0 saturated carbocycles. The van der Waals surface area contributed by atoms with Gasteiger partial charge in [-0.05, 0) is 44.0 Å². The third-order valence-electron chi connectivity index (χ3n) is 3.85. The summed E-state index contributed by atoms with van der Waals surface area (Å²) in [6, 6.07) is 1.05. The lowest BCUT2D eigenvalue weighted by Gasteiger charge is -2.31. The predicted molar refractivity (Wildman–Crippen MR) is 83.6 cm³/mol. The minimum absolute atomic E-state index is 0. The molecular weight excluding hydrogens is 353 g/mol. The SMILES string of the molecule is CCNCC1CCN(S(=O)(=O)c2cc(F)c(F)c(F)c2)CC1.Cl. The van der Waals surface area contributed by atoms with E-state index in [4.69, 9.17) is 0 Å². The Morgan fingerprint density at radius 2 is 1.70 bits per heavy atom. The van der Waals surface area contributed by atoms with E-state index in [9.17, 15) is 21.6 Å². The van der Waals surface area contributed by atoms with Gasteiger partial charge in [-0.25, -0.2) is 21.6 Å². The Hall–Kier alpha value is -0.830. The summed E-state index contributed by atoms with van der Waals surface area (Å²) in [5.41, 5.74) is 0. The first kappa shape index (κ1) is 20.2. The Bertz CT molecular complexity index is 612. The Balaban J connectivity index is 0.00000264. The van der Waals surface area contributed by atoms with Crippen LogP contribution in [0.2, 0.25) is 0 Å². The molecular formula is C14H20ClF3N2O2S. The molecule has 1 N–H and O–H groups in total. The van der Waals surface area contributed by atoms with Crippen LogP contribution in [0.1, 0.15) is 19.8 Å². The third-order valence-corrected chi connectivity index (χ3v) is 5.73. The van der Waals surface area contributed by atoms with E-state index in [1.54, 1.807) is 0 Å². The zero-order valence-corrected chi connectivity index (χ0v) is 14.3. The van der Waals surface area contributed by atoms with E-state index in [2.05, 4.69) is 5.32 Å². The fraction of sp³-hybridized carbons (Fsp3) is 0.571. The lowest BCUT2D eigenvalue weighted by atomic mass is 9.98. The van der Waals surface area contributed by atoms with Gasteiger partial charge in [0.05, 0.1) is 4.90 Å². The van der Waals surface area contributed by atoms with Gasteiger partial charge in [0.2, 0.25) is 10.0 Å². The number of piperidine rings is 1. The van der Waals surface area contributed by atoms with Crippen molar-refractivity contribution in [2.45, 2.75) is 24.7 Å². The highest BCUT2D eigenvalue weighted by Crippen LogP contribution is 2.25. The Morgan fingerprint density at radius 3 is 2.17 bits per heavy atom. The van der Waals surface area contributed by atoms with E-state index in [1.165, 1.54) is 4.31 Å². The molecule has 0 aliphatic carbocycles. The largest absolute Gasteiger partial charge is 0.317 e. The van der Waals surface area contributed by atoms with Gasteiger partial charge in [-0.2, -0.15) is 4.31 Å². The molecule has 0 bridgehead atoms. The van der Waals surface area contributed by atoms with Crippen molar-refractivity contribution >= 4 is 22.4 Å². The van der Waals surface area contributed by atoms with E-state index >= 15 is 0 Å². The summed E-state index contributed by atoms with van der Waals surface area (Å²) in [4.78, 5) is -0.547. The van der Waals surface area contributed by atoms with E-state index in [-0.39, 0.29) is 12.4 Å². The standard InChI is InChI=1S/C14H19F3N2O2S.ClH/c1-2-18-9-10-3-5-19(6-4-10)22(20,21)11-7-12(15)14(17)13(16)8-11;/h7-8,10,18H,2-6,9H2,1H3;1H. The molecule has 9 heteroatoms. The highest BCUT2D eigenvalue weighted by atomic mass is 35.5. The van der Waals surface area contributed by atoms with Gasteiger partial charge >= 0.3 is 0 Å². The number of halogens is 4. The number of benzene rings is 1. The van der Waals surface area contributed by atoms with Crippen LogP contribution in [-0.2, 0) is 10.0 Å². The van der Waals surface area contributed by atoms with E-state index in [1.807, 2.05) is 6.92 Å². The number of hydrogen-bond acceptors (Lipinski definition) is 3. The third kappa shape index (κ3) is 4.59. The molecule has 0 amide bonds. The van der Waals surface area contributed by atoms with Crippen LogP contribution in [0.15, 0.2) is 17.0 Å². The van der Waals surface area contributed by atoms with Crippen molar-refractivity contribution in [3.8, 4) is 0 Å². The highest BCUT2D eigenvalue weighted by Gasteiger charge is 2.30. The molecule has 0 radical (unpaired) electrons. The van der Waals surface area contributed by atoms with Crippen LogP contribution in [-0.4, -0.2) is 38.9 Å². The second-order valence-electron chi connectivity index (χ2n) is 5.36. The molecule has 2 rings (SSSR count). The summed E-state index contributed by atoms with van der Waals surface area (Å²) < 4.78 is 65.4. The van der Waals surface area contributed by atoms with E-state index in [0.717, 1.165) is 13.1 Å². The van der Waals surface area contributed by atoms with Crippen LogP contribution >= 0.6 is 12.4 Å². The molecule has 1 aliphatic rings.